The molecule has 20 heavy (non-hydrogen) atoms. The van der Waals surface area contributed by atoms with E-state index in [1.165, 1.54) is 0 Å². The molecule has 1 aromatic carbocycles. The molecule has 0 radical (unpaired) electrons. The Balaban J connectivity index is 2.95. The molecular weight excluding hydrogens is 272 g/mol. The van der Waals surface area contributed by atoms with Crippen molar-refractivity contribution in [3.05, 3.63) is 42.5 Å². The molecular formula is C16H24O3S. The summed E-state index contributed by atoms with van der Waals surface area (Å²) in [5, 5.41) is 0. The van der Waals surface area contributed by atoms with E-state index in [9.17, 15) is 8.42 Å². The third-order valence-corrected chi connectivity index (χ3v) is 4.60. The van der Waals surface area contributed by atoms with Crippen molar-refractivity contribution < 1.29 is 12.6 Å². The Morgan fingerprint density at radius 3 is 2.10 bits per heavy atom. The lowest BCUT2D eigenvalue weighted by atomic mass is 9.82. The molecule has 0 atom stereocenters. The van der Waals surface area contributed by atoms with E-state index in [4.69, 9.17) is 4.18 Å². The third-order valence-electron chi connectivity index (χ3n) is 3.08. The van der Waals surface area contributed by atoms with Crippen molar-refractivity contribution in [1.29, 1.82) is 0 Å². The number of benzene rings is 1. The normalized spacial score (nSPS) is 13.2. The second-order valence-corrected chi connectivity index (χ2v) is 8.03. The molecule has 1 aromatic rings. The van der Waals surface area contributed by atoms with Gasteiger partial charge < -0.3 is 0 Å². The number of aryl methyl sites for hydroxylation is 1. The molecule has 0 aromatic heterocycles. The highest BCUT2D eigenvalue weighted by atomic mass is 32.2. The highest BCUT2D eigenvalue weighted by Crippen LogP contribution is 2.33. The summed E-state index contributed by atoms with van der Waals surface area (Å²) in [7, 11) is -3.75. The van der Waals surface area contributed by atoms with Crippen LogP contribution in [0.1, 0.15) is 39.7 Å². The first-order valence-corrected chi connectivity index (χ1v) is 8.04. The second-order valence-electron chi connectivity index (χ2n) is 6.48. The standard InChI is InChI=1S/C16H24O3S/c1-7-15(3,4)12-16(5,6)19-20(17,18)14-10-8-13(2)9-11-14/h7-11H,1,12H2,2-6H3. The SMILES string of the molecule is C=CC(C)(C)CC(C)(C)OS(=O)(=O)c1ccc(C)cc1. The zero-order chi connectivity index (χ0) is 15.6. The van der Waals surface area contributed by atoms with Gasteiger partial charge in [0.05, 0.1) is 10.5 Å². The van der Waals surface area contributed by atoms with E-state index in [2.05, 4.69) is 6.58 Å². The van der Waals surface area contributed by atoms with Crippen LogP contribution >= 0.6 is 0 Å². The van der Waals surface area contributed by atoms with Crippen molar-refractivity contribution in [2.45, 2.75) is 51.5 Å². The van der Waals surface area contributed by atoms with Gasteiger partial charge in [0.15, 0.2) is 0 Å². The van der Waals surface area contributed by atoms with Crippen molar-refractivity contribution in [2.75, 3.05) is 0 Å². The fourth-order valence-electron chi connectivity index (χ4n) is 2.25. The summed E-state index contributed by atoms with van der Waals surface area (Å²) in [4.78, 5) is 0.188. The van der Waals surface area contributed by atoms with E-state index in [1.54, 1.807) is 38.1 Å². The van der Waals surface area contributed by atoms with Crippen LogP contribution in [0, 0.1) is 12.3 Å². The minimum atomic E-state index is -3.75. The van der Waals surface area contributed by atoms with Gasteiger partial charge in [-0.2, -0.15) is 8.42 Å². The van der Waals surface area contributed by atoms with Gasteiger partial charge in [-0.05, 0) is 44.7 Å². The van der Waals surface area contributed by atoms with Crippen LogP contribution in [-0.4, -0.2) is 14.0 Å². The lowest BCUT2D eigenvalue weighted by Gasteiger charge is -2.32. The van der Waals surface area contributed by atoms with Crippen LogP contribution in [-0.2, 0) is 14.3 Å². The molecule has 112 valence electrons. The topological polar surface area (TPSA) is 43.4 Å². The zero-order valence-electron chi connectivity index (χ0n) is 12.9. The first-order valence-electron chi connectivity index (χ1n) is 6.63. The number of hydrogen-bond donors (Lipinski definition) is 0. The Morgan fingerprint density at radius 2 is 1.65 bits per heavy atom. The maximum absolute atomic E-state index is 12.3. The van der Waals surface area contributed by atoms with E-state index in [-0.39, 0.29) is 10.3 Å². The summed E-state index contributed by atoms with van der Waals surface area (Å²) in [6.07, 6.45) is 2.38. The molecule has 0 aliphatic rings. The second kappa shape index (κ2) is 5.70. The summed E-state index contributed by atoms with van der Waals surface area (Å²) in [5.74, 6) is 0. The predicted octanol–water partition coefficient (Wildman–Crippen LogP) is 4.08. The molecule has 3 nitrogen and oxygen atoms in total. The molecule has 0 fully saturated rings. The van der Waals surface area contributed by atoms with Crippen LogP contribution in [0.15, 0.2) is 41.8 Å². The van der Waals surface area contributed by atoms with Gasteiger partial charge in [-0.1, -0.05) is 37.6 Å². The van der Waals surface area contributed by atoms with E-state index < -0.39 is 15.7 Å². The monoisotopic (exact) mass is 296 g/mol. The van der Waals surface area contributed by atoms with E-state index >= 15 is 0 Å². The zero-order valence-corrected chi connectivity index (χ0v) is 13.8. The van der Waals surface area contributed by atoms with Crippen LogP contribution in [0.25, 0.3) is 0 Å². The van der Waals surface area contributed by atoms with Crippen molar-refractivity contribution >= 4 is 10.1 Å². The molecule has 0 N–H and O–H groups in total. The van der Waals surface area contributed by atoms with Crippen molar-refractivity contribution in [3.63, 3.8) is 0 Å². The summed E-state index contributed by atoms with van der Waals surface area (Å²) in [5.41, 5.74) is 0.0317. The van der Waals surface area contributed by atoms with Gasteiger partial charge in [-0.15, -0.1) is 6.58 Å². The van der Waals surface area contributed by atoms with Gasteiger partial charge in [-0.3, -0.25) is 4.18 Å². The minimum absolute atomic E-state index is 0.188. The molecule has 0 saturated carbocycles. The number of rotatable bonds is 6. The van der Waals surface area contributed by atoms with Crippen LogP contribution in [0.4, 0.5) is 0 Å². The minimum Gasteiger partial charge on any atom is -0.260 e. The van der Waals surface area contributed by atoms with Gasteiger partial charge in [0.25, 0.3) is 10.1 Å². The lowest BCUT2D eigenvalue weighted by molar-refractivity contribution is 0.0773. The summed E-state index contributed by atoms with van der Waals surface area (Å²) < 4.78 is 30.0. The quantitative estimate of drug-likeness (QED) is 0.587. The molecule has 4 heteroatoms. The average molecular weight is 296 g/mol. The predicted molar refractivity (Wildman–Crippen MR) is 82.1 cm³/mol. The maximum atomic E-state index is 12.3. The third kappa shape index (κ3) is 4.76. The largest absolute Gasteiger partial charge is 0.297 e. The van der Waals surface area contributed by atoms with Crippen molar-refractivity contribution in [1.82, 2.24) is 0 Å². The highest BCUT2D eigenvalue weighted by molar-refractivity contribution is 7.86. The maximum Gasteiger partial charge on any atom is 0.297 e. The molecule has 0 spiro atoms. The van der Waals surface area contributed by atoms with Gasteiger partial charge in [0.1, 0.15) is 0 Å². The summed E-state index contributed by atoms with van der Waals surface area (Å²) in [6, 6.07) is 6.66. The fourth-order valence-corrected chi connectivity index (χ4v) is 3.47. The van der Waals surface area contributed by atoms with E-state index in [0.717, 1.165) is 5.56 Å². The Labute approximate surface area is 122 Å². The van der Waals surface area contributed by atoms with Crippen LogP contribution in [0.3, 0.4) is 0 Å². The molecule has 0 bridgehead atoms. The van der Waals surface area contributed by atoms with Gasteiger partial charge in [0.2, 0.25) is 0 Å². The van der Waals surface area contributed by atoms with E-state index in [0.29, 0.717) is 6.42 Å². The first kappa shape index (κ1) is 16.9. The lowest BCUT2D eigenvalue weighted by Crippen LogP contribution is -2.33. The highest BCUT2D eigenvalue weighted by Gasteiger charge is 2.33. The van der Waals surface area contributed by atoms with Crippen LogP contribution < -0.4 is 0 Å². The Hall–Kier alpha value is -1.13. The van der Waals surface area contributed by atoms with Crippen LogP contribution in [0.2, 0.25) is 0 Å². The molecule has 0 amide bonds. The van der Waals surface area contributed by atoms with Gasteiger partial charge in [-0.25, -0.2) is 0 Å². The summed E-state index contributed by atoms with van der Waals surface area (Å²) >= 11 is 0. The van der Waals surface area contributed by atoms with Gasteiger partial charge >= 0.3 is 0 Å². The molecule has 0 aliphatic heterocycles. The smallest absolute Gasteiger partial charge is 0.260 e. The fraction of sp³-hybridized carbons (Fsp3) is 0.500. The Morgan fingerprint density at radius 1 is 1.15 bits per heavy atom. The number of allylic oxidation sites excluding steroid dienone is 1. The molecule has 0 aliphatic carbocycles. The molecule has 0 saturated heterocycles. The Kier molecular flexibility index (Phi) is 4.82. The molecule has 0 unspecified atom stereocenters. The van der Waals surface area contributed by atoms with Gasteiger partial charge in [0, 0.05) is 0 Å². The Bertz CT molecular complexity index is 566. The first-order chi connectivity index (χ1) is 8.97. The summed E-state index contributed by atoms with van der Waals surface area (Å²) in [6.45, 7) is 13.3. The average Bonchev–Trinajstić information content (AvgIpc) is 2.26. The number of hydrogen-bond acceptors (Lipinski definition) is 3. The van der Waals surface area contributed by atoms with E-state index in [1.807, 2.05) is 26.8 Å². The van der Waals surface area contributed by atoms with Crippen LogP contribution in [0.5, 0.6) is 0 Å². The van der Waals surface area contributed by atoms with Crippen molar-refractivity contribution in [2.24, 2.45) is 5.41 Å². The molecule has 0 heterocycles. The van der Waals surface area contributed by atoms with Crippen molar-refractivity contribution in [3.8, 4) is 0 Å². The molecule has 1 rings (SSSR count).